The molecule has 21 heavy (non-hydrogen) atoms. The second-order valence-corrected chi connectivity index (χ2v) is 5.44. The van der Waals surface area contributed by atoms with Gasteiger partial charge in [0.05, 0.1) is 18.3 Å². The van der Waals surface area contributed by atoms with Gasteiger partial charge in [0.2, 0.25) is 0 Å². The van der Waals surface area contributed by atoms with E-state index in [0.29, 0.717) is 18.7 Å². The maximum Gasteiger partial charge on any atom is 0.416 e. The van der Waals surface area contributed by atoms with E-state index < -0.39 is 11.7 Å². The van der Waals surface area contributed by atoms with Crippen molar-refractivity contribution in [1.29, 1.82) is 0 Å². The van der Waals surface area contributed by atoms with E-state index in [1.165, 1.54) is 12.1 Å². The number of ether oxygens (including phenoxy) is 1. The number of benzene rings is 1. The van der Waals surface area contributed by atoms with Crippen molar-refractivity contribution in [2.45, 2.75) is 25.2 Å². The smallest absolute Gasteiger partial charge is 0.374 e. The quantitative estimate of drug-likeness (QED) is 0.925. The van der Waals surface area contributed by atoms with Crippen LogP contribution in [0.2, 0.25) is 0 Å². The average Bonchev–Trinajstić information content (AvgIpc) is 2.46. The first kappa shape index (κ1) is 16.3. The lowest BCUT2D eigenvalue weighted by Crippen LogP contribution is -2.44. The number of nitrogens with one attached hydrogen (secondary N) is 1. The molecule has 0 saturated carbocycles. The molecule has 1 fully saturated rings. The van der Waals surface area contributed by atoms with Crippen LogP contribution in [0.5, 0.6) is 0 Å². The van der Waals surface area contributed by atoms with Gasteiger partial charge in [-0.05, 0) is 31.7 Å². The number of morpholine rings is 1. The summed E-state index contributed by atoms with van der Waals surface area (Å²) in [6.07, 6.45) is -4.22. The second kappa shape index (κ2) is 6.77. The molecule has 0 aliphatic carbocycles. The average molecular weight is 302 g/mol. The second-order valence-electron chi connectivity index (χ2n) is 5.44. The Morgan fingerprint density at radius 1 is 1.43 bits per heavy atom. The van der Waals surface area contributed by atoms with E-state index in [9.17, 15) is 13.2 Å². The van der Waals surface area contributed by atoms with E-state index in [2.05, 4.69) is 5.32 Å². The fourth-order valence-electron chi connectivity index (χ4n) is 2.45. The van der Waals surface area contributed by atoms with Crippen molar-refractivity contribution in [3.05, 3.63) is 35.4 Å². The normalized spacial score (nSPS) is 21.5. The maximum atomic E-state index is 12.8. The number of halogens is 3. The predicted octanol–water partition coefficient (Wildman–Crippen LogP) is 2.69. The van der Waals surface area contributed by atoms with Crippen molar-refractivity contribution in [3.8, 4) is 0 Å². The summed E-state index contributed by atoms with van der Waals surface area (Å²) >= 11 is 0. The van der Waals surface area contributed by atoms with Crippen LogP contribution in [-0.2, 0) is 10.9 Å². The fourth-order valence-corrected chi connectivity index (χ4v) is 2.45. The summed E-state index contributed by atoms with van der Waals surface area (Å²) < 4.78 is 43.9. The van der Waals surface area contributed by atoms with Crippen LogP contribution < -0.4 is 5.32 Å². The van der Waals surface area contributed by atoms with Gasteiger partial charge in [0.1, 0.15) is 0 Å². The van der Waals surface area contributed by atoms with E-state index in [-0.39, 0.29) is 12.1 Å². The van der Waals surface area contributed by atoms with Crippen LogP contribution in [0.3, 0.4) is 0 Å². The highest BCUT2D eigenvalue weighted by Crippen LogP contribution is 2.31. The van der Waals surface area contributed by atoms with Crippen molar-refractivity contribution < 1.29 is 17.9 Å². The molecule has 1 aliphatic heterocycles. The number of rotatable bonds is 4. The van der Waals surface area contributed by atoms with Gasteiger partial charge >= 0.3 is 6.18 Å². The van der Waals surface area contributed by atoms with Crippen molar-refractivity contribution in [3.63, 3.8) is 0 Å². The molecule has 1 saturated heterocycles. The minimum atomic E-state index is -4.30. The van der Waals surface area contributed by atoms with Gasteiger partial charge in [0, 0.05) is 25.7 Å². The standard InChI is InChI=1S/C15H21F3N2O/c1-11(20(2)10-14-9-19-6-7-21-14)12-4-3-5-13(8-12)15(16,17)18/h3-5,8,11,14,19H,6-7,9-10H2,1-2H3. The van der Waals surface area contributed by atoms with Gasteiger partial charge in [-0.1, -0.05) is 12.1 Å². The van der Waals surface area contributed by atoms with Gasteiger partial charge in [-0.15, -0.1) is 0 Å². The van der Waals surface area contributed by atoms with Crippen molar-refractivity contribution >= 4 is 0 Å². The number of likely N-dealkylation sites (N-methyl/N-ethyl adjacent to an activating group) is 1. The predicted molar refractivity (Wildman–Crippen MR) is 75.1 cm³/mol. The highest BCUT2D eigenvalue weighted by atomic mass is 19.4. The third kappa shape index (κ3) is 4.43. The van der Waals surface area contributed by atoms with E-state index >= 15 is 0 Å². The summed E-state index contributed by atoms with van der Waals surface area (Å²) in [5, 5.41) is 3.25. The molecule has 2 atom stereocenters. The zero-order valence-electron chi connectivity index (χ0n) is 12.3. The first-order valence-corrected chi connectivity index (χ1v) is 7.07. The van der Waals surface area contributed by atoms with Crippen molar-refractivity contribution in [2.24, 2.45) is 0 Å². The molecule has 3 nitrogen and oxygen atoms in total. The highest BCUT2D eigenvalue weighted by Gasteiger charge is 2.31. The van der Waals surface area contributed by atoms with Crippen LogP contribution in [-0.4, -0.2) is 44.3 Å². The van der Waals surface area contributed by atoms with Gasteiger partial charge in [0.25, 0.3) is 0 Å². The Morgan fingerprint density at radius 3 is 2.81 bits per heavy atom. The van der Waals surface area contributed by atoms with Crippen LogP contribution in [0.1, 0.15) is 24.1 Å². The van der Waals surface area contributed by atoms with Crippen LogP contribution in [0.25, 0.3) is 0 Å². The fraction of sp³-hybridized carbons (Fsp3) is 0.600. The monoisotopic (exact) mass is 302 g/mol. The summed E-state index contributed by atoms with van der Waals surface area (Å²) in [7, 11) is 1.91. The number of alkyl halides is 3. The molecule has 2 unspecified atom stereocenters. The van der Waals surface area contributed by atoms with Gasteiger partial charge in [-0.2, -0.15) is 13.2 Å². The van der Waals surface area contributed by atoms with Crippen LogP contribution in [0.15, 0.2) is 24.3 Å². The largest absolute Gasteiger partial charge is 0.416 e. The lowest BCUT2D eigenvalue weighted by molar-refractivity contribution is -0.137. The van der Waals surface area contributed by atoms with E-state index in [1.807, 2.05) is 18.9 Å². The molecule has 0 aromatic heterocycles. The van der Waals surface area contributed by atoms with Crippen LogP contribution in [0, 0.1) is 0 Å². The maximum absolute atomic E-state index is 12.8. The Labute approximate surface area is 123 Å². The molecule has 0 amide bonds. The lowest BCUT2D eigenvalue weighted by atomic mass is 10.0. The van der Waals surface area contributed by atoms with Gasteiger partial charge in [-0.3, -0.25) is 4.90 Å². The summed E-state index contributed by atoms with van der Waals surface area (Å²) in [4.78, 5) is 2.02. The summed E-state index contributed by atoms with van der Waals surface area (Å²) in [5.41, 5.74) is 0.0620. The summed E-state index contributed by atoms with van der Waals surface area (Å²) in [6.45, 7) is 4.90. The third-order valence-corrected chi connectivity index (χ3v) is 3.85. The molecule has 1 aliphatic rings. The SMILES string of the molecule is CC(c1cccc(C(F)(F)F)c1)N(C)CC1CNCCO1. The molecule has 1 aromatic carbocycles. The van der Waals surface area contributed by atoms with Gasteiger partial charge in [0.15, 0.2) is 0 Å². The van der Waals surface area contributed by atoms with Crippen molar-refractivity contribution in [2.75, 3.05) is 33.3 Å². The lowest BCUT2D eigenvalue weighted by Gasteiger charge is -2.31. The van der Waals surface area contributed by atoms with Crippen LogP contribution in [0.4, 0.5) is 13.2 Å². The van der Waals surface area contributed by atoms with Crippen LogP contribution >= 0.6 is 0 Å². The summed E-state index contributed by atoms with van der Waals surface area (Å²) in [5.74, 6) is 0. The molecule has 1 aromatic rings. The topological polar surface area (TPSA) is 24.5 Å². The Balaban J connectivity index is 2.02. The Kier molecular flexibility index (Phi) is 5.24. The Hall–Kier alpha value is -1.11. The van der Waals surface area contributed by atoms with E-state index in [4.69, 9.17) is 4.74 Å². The Bertz CT molecular complexity index is 458. The summed E-state index contributed by atoms with van der Waals surface area (Å²) in [6, 6.07) is 5.42. The number of hydrogen-bond donors (Lipinski definition) is 1. The molecule has 1 N–H and O–H groups in total. The van der Waals surface area contributed by atoms with Gasteiger partial charge < -0.3 is 10.1 Å². The first-order chi connectivity index (χ1) is 9.88. The third-order valence-electron chi connectivity index (χ3n) is 3.85. The molecule has 0 radical (unpaired) electrons. The minimum absolute atomic E-state index is 0.0806. The molecule has 118 valence electrons. The zero-order valence-corrected chi connectivity index (χ0v) is 12.3. The first-order valence-electron chi connectivity index (χ1n) is 7.07. The van der Waals surface area contributed by atoms with E-state index in [0.717, 1.165) is 19.2 Å². The minimum Gasteiger partial charge on any atom is -0.374 e. The van der Waals surface area contributed by atoms with Crippen molar-refractivity contribution in [1.82, 2.24) is 10.2 Å². The zero-order chi connectivity index (χ0) is 15.5. The molecule has 0 spiro atoms. The molecule has 2 rings (SSSR count). The molecule has 1 heterocycles. The number of hydrogen-bond acceptors (Lipinski definition) is 3. The number of nitrogens with zero attached hydrogens (tertiary/aromatic N) is 1. The highest BCUT2D eigenvalue weighted by molar-refractivity contribution is 5.27. The Morgan fingerprint density at radius 2 is 2.19 bits per heavy atom. The van der Waals surface area contributed by atoms with E-state index in [1.54, 1.807) is 6.07 Å². The molecular formula is C15H21F3N2O. The molecular weight excluding hydrogens is 281 g/mol. The molecule has 0 bridgehead atoms. The van der Waals surface area contributed by atoms with Gasteiger partial charge in [-0.25, -0.2) is 0 Å². The molecule has 6 heteroatoms.